The molecule has 0 aliphatic carbocycles. The number of benzene rings is 3. The van der Waals surface area contributed by atoms with Crippen LogP contribution in [0.2, 0.25) is 0 Å². The first kappa shape index (κ1) is 21.9. The predicted octanol–water partition coefficient (Wildman–Crippen LogP) is 1.73. The van der Waals surface area contributed by atoms with Gasteiger partial charge in [-0.05, 0) is 42.5 Å². The molecule has 0 spiro atoms. The van der Waals surface area contributed by atoms with Crippen molar-refractivity contribution in [3.05, 3.63) is 119 Å². The van der Waals surface area contributed by atoms with Gasteiger partial charge in [0.25, 0.3) is 0 Å². The van der Waals surface area contributed by atoms with Gasteiger partial charge in [0.1, 0.15) is 33.9 Å². The van der Waals surface area contributed by atoms with E-state index >= 15 is 0 Å². The largest absolute Gasteiger partial charge is 1.00 e. The Kier molecular flexibility index (Phi) is 7.20. The highest BCUT2D eigenvalue weighted by Crippen LogP contribution is 2.55. The minimum atomic E-state index is -1.96. The van der Waals surface area contributed by atoms with Gasteiger partial charge in [-0.25, -0.2) is 0 Å². The lowest BCUT2D eigenvalue weighted by atomic mass is 10.3. The molecule has 1 aromatic heterocycles. The van der Waals surface area contributed by atoms with E-state index < -0.39 is 12.2 Å². The van der Waals surface area contributed by atoms with Crippen LogP contribution < -0.4 is 32.9 Å². The molecule has 0 saturated carbocycles. The molecule has 0 saturated heterocycles. The normalized spacial score (nSPS) is 10.9. The van der Waals surface area contributed by atoms with Gasteiger partial charge in [0, 0.05) is 6.42 Å². The summed E-state index contributed by atoms with van der Waals surface area (Å²) >= 11 is 0. The average molecular weight is 482 g/mol. The lowest BCUT2D eigenvalue weighted by Crippen LogP contribution is -3.00. The Bertz CT molecular complexity index is 989. The Hall–Kier alpha value is -2.75. The van der Waals surface area contributed by atoms with Gasteiger partial charge in [-0.1, -0.05) is 54.6 Å². The summed E-state index contributed by atoms with van der Waals surface area (Å²) < 4.78 is 5.47. The molecule has 0 atom stereocenters. The summed E-state index contributed by atoms with van der Waals surface area (Å²) in [7, 11) is -1.96. The van der Waals surface area contributed by atoms with Gasteiger partial charge in [-0.15, -0.1) is 0 Å². The van der Waals surface area contributed by atoms with Crippen molar-refractivity contribution in [3.8, 4) is 0 Å². The van der Waals surface area contributed by atoms with E-state index in [1.165, 1.54) is 22.0 Å². The predicted molar refractivity (Wildman–Crippen MR) is 119 cm³/mol. The zero-order chi connectivity index (χ0) is 20.1. The molecule has 0 N–H and O–H groups in total. The molecular formula is C24H21BrNO3P. The third-order valence-electron chi connectivity index (χ3n) is 5.11. The smallest absolute Gasteiger partial charge is 0.433 e. The van der Waals surface area contributed by atoms with E-state index in [1.54, 1.807) is 6.07 Å². The minimum Gasteiger partial charge on any atom is -1.00 e. The highest BCUT2D eigenvalue weighted by molar-refractivity contribution is 7.95. The van der Waals surface area contributed by atoms with Crippen molar-refractivity contribution in [3.63, 3.8) is 0 Å². The Morgan fingerprint density at radius 1 is 0.700 bits per heavy atom. The van der Waals surface area contributed by atoms with Gasteiger partial charge < -0.3 is 21.4 Å². The van der Waals surface area contributed by atoms with Crippen LogP contribution in [0.5, 0.6) is 0 Å². The molecule has 0 unspecified atom stereocenters. The van der Waals surface area contributed by atoms with E-state index in [0.717, 1.165) is 6.16 Å². The summed E-state index contributed by atoms with van der Waals surface area (Å²) in [5, 5.41) is 14.9. The molecule has 0 aliphatic heterocycles. The van der Waals surface area contributed by atoms with Crippen molar-refractivity contribution in [2.75, 3.05) is 6.16 Å². The summed E-state index contributed by atoms with van der Waals surface area (Å²) in [5.41, 5.74) is 0. The van der Waals surface area contributed by atoms with Crippen molar-refractivity contribution in [1.82, 2.24) is 0 Å². The summed E-state index contributed by atoms with van der Waals surface area (Å²) in [6, 6.07) is 34.9. The molecule has 0 fully saturated rings. The highest BCUT2D eigenvalue weighted by Gasteiger charge is 2.45. The van der Waals surface area contributed by atoms with Gasteiger partial charge in [-0.3, -0.25) is 10.1 Å². The lowest BCUT2D eigenvalue weighted by molar-refractivity contribution is -0.402. The number of rotatable bonds is 7. The second-order valence-corrected chi connectivity index (χ2v) is 10.4. The summed E-state index contributed by atoms with van der Waals surface area (Å²) in [5.74, 6) is 0.437. The van der Waals surface area contributed by atoms with Gasteiger partial charge in [0.05, 0.1) is 12.2 Å². The Morgan fingerprint density at radius 3 is 1.50 bits per heavy atom. The van der Waals surface area contributed by atoms with Crippen LogP contribution in [0.3, 0.4) is 0 Å². The molecule has 0 aliphatic rings. The van der Waals surface area contributed by atoms with E-state index in [0.29, 0.717) is 12.2 Å². The second-order valence-electron chi connectivity index (χ2n) is 6.79. The molecular weight excluding hydrogens is 461 g/mol. The first-order chi connectivity index (χ1) is 14.2. The van der Waals surface area contributed by atoms with Crippen LogP contribution >= 0.6 is 7.26 Å². The van der Waals surface area contributed by atoms with Crippen LogP contribution in [0.25, 0.3) is 0 Å². The van der Waals surface area contributed by atoms with Crippen molar-refractivity contribution in [1.29, 1.82) is 0 Å². The minimum absolute atomic E-state index is 0. The van der Waals surface area contributed by atoms with E-state index in [-0.39, 0.29) is 22.9 Å². The Morgan fingerprint density at radius 2 is 1.13 bits per heavy atom. The monoisotopic (exact) mass is 481 g/mol. The third kappa shape index (κ3) is 4.38. The quantitative estimate of drug-likeness (QED) is 0.229. The average Bonchev–Trinajstić information content (AvgIpc) is 3.26. The molecule has 4 nitrogen and oxygen atoms in total. The maximum atomic E-state index is 11.0. The van der Waals surface area contributed by atoms with Crippen LogP contribution in [-0.4, -0.2) is 11.1 Å². The zero-order valence-corrected chi connectivity index (χ0v) is 18.7. The Balaban J connectivity index is 0.00000256. The molecule has 3 aromatic carbocycles. The van der Waals surface area contributed by atoms with Gasteiger partial charge in [-0.2, -0.15) is 0 Å². The summed E-state index contributed by atoms with van der Waals surface area (Å²) in [6.07, 6.45) is 1.45. The molecule has 4 aromatic rings. The molecule has 152 valence electrons. The summed E-state index contributed by atoms with van der Waals surface area (Å²) in [6.45, 7) is 0. The van der Waals surface area contributed by atoms with Gasteiger partial charge >= 0.3 is 5.88 Å². The number of nitro groups is 1. The fraction of sp³-hybridized carbons (Fsp3) is 0.0833. The lowest BCUT2D eigenvalue weighted by Gasteiger charge is -2.27. The van der Waals surface area contributed by atoms with Crippen molar-refractivity contribution < 1.29 is 26.3 Å². The number of nitrogens with zero attached hydrogens (tertiary/aromatic N) is 1. The number of hydrogen-bond acceptors (Lipinski definition) is 3. The second kappa shape index (κ2) is 9.84. The number of furan rings is 1. The van der Waals surface area contributed by atoms with Crippen molar-refractivity contribution in [2.24, 2.45) is 0 Å². The first-order valence-corrected chi connectivity index (χ1v) is 11.5. The van der Waals surface area contributed by atoms with Crippen LogP contribution in [0.15, 0.2) is 108 Å². The fourth-order valence-corrected chi connectivity index (χ4v) is 8.03. The third-order valence-corrected chi connectivity index (χ3v) is 9.55. The molecule has 30 heavy (non-hydrogen) atoms. The first-order valence-electron chi connectivity index (χ1n) is 9.48. The van der Waals surface area contributed by atoms with E-state index in [4.69, 9.17) is 4.42 Å². The maximum Gasteiger partial charge on any atom is 0.433 e. The van der Waals surface area contributed by atoms with Crippen molar-refractivity contribution >= 4 is 29.1 Å². The molecule has 0 bridgehead atoms. The molecule has 0 radical (unpaired) electrons. The Labute approximate surface area is 186 Å². The molecule has 4 rings (SSSR count). The van der Waals surface area contributed by atoms with E-state index in [1.807, 2.05) is 18.2 Å². The standard InChI is InChI=1S/C24H21NO3P.BrH/c26-25(27)24-17-16-20(28-24)18-19-29(21-10-4-1-5-11-21,22-12-6-2-7-13-22)23-14-8-3-9-15-23;/h1-17H,18-19H2;1H/q+1;/p-1. The van der Waals surface area contributed by atoms with Gasteiger partial charge in [0.15, 0.2) is 0 Å². The molecule has 1 heterocycles. The van der Waals surface area contributed by atoms with Crippen LogP contribution in [-0.2, 0) is 6.42 Å². The summed E-state index contributed by atoms with van der Waals surface area (Å²) in [4.78, 5) is 10.5. The van der Waals surface area contributed by atoms with Crippen molar-refractivity contribution in [2.45, 2.75) is 6.42 Å². The number of hydrogen-bond donors (Lipinski definition) is 0. The number of aryl methyl sites for hydroxylation is 1. The fourth-order valence-electron chi connectivity index (χ4n) is 3.76. The van der Waals surface area contributed by atoms with E-state index in [2.05, 4.69) is 72.8 Å². The van der Waals surface area contributed by atoms with E-state index in [9.17, 15) is 10.1 Å². The topological polar surface area (TPSA) is 56.3 Å². The SMILES string of the molecule is O=[N+]([O-])c1ccc(CC[P+](c2ccccc2)(c2ccccc2)c2ccccc2)o1.[Br-]. The number of halogens is 1. The van der Waals surface area contributed by atoms with Gasteiger partial charge in [0.2, 0.25) is 0 Å². The maximum absolute atomic E-state index is 11.0. The molecule has 6 heteroatoms. The molecule has 0 amide bonds. The van der Waals surface area contributed by atoms with Crippen LogP contribution in [0.4, 0.5) is 5.88 Å². The van der Waals surface area contributed by atoms with Crippen LogP contribution in [0, 0.1) is 10.1 Å². The highest BCUT2D eigenvalue weighted by atomic mass is 79.9. The zero-order valence-electron chi connectivity index (χ0n) is 16.2. The van der Waals surface area contributed by atoms with Crippen LogP contribution in [0.1, 0.15) is 5.76 Å².